The maximum absolute atomic E-state index is 13.5. The van der Waals surface area contributed by atoms with Gasteiger partial charge in [0.05, 0.1) is 18.2 Å². The van der Waals surface area contributed by atoms with Crippen LogP contribution in [0, 0.1) is 5.41 Å². The highest BCUT2D eigenvalue weighted by Gasteiger charge is 2.46. The van der Waals surface area contributed by atoms with Crippen molar-refractivity contribution >= 4 is 41.8 Å². The van der Waals surface area contributed by atoms with E-state index in [1.54, 1.807) is 83.2 Å². The summed E-state index contributed by atoms with van der Waals surface area (Å²) in [6, 6.07) is 12.4. The van der Waals surface area contributed by atoms with Gasteiger partial charge in [-0.05, 0) is 68.7 Å². The van der Waals surface area contributed by atoms with Crippen molar-refractivity contribution in [3.8, 4) is 0 Å². The maximum Gasteiger partial charge on any atom is 0.348 e. The molecule has 3 aliphatic rings. The van der Waals surface area contributed by atoms with Gasteiger partial charge in [0.25, 0.3) is 5.91 Å². The Labute approximate surface area is 324 Å². The number of nitrogens with one attached hydrogen (secondary N) is 2. The first-order valence-corrected chi connectivity index (χ1v) is 18.3. The fraction of sp³-hybridized carbons (Fsp3) is 0.463. The molecule has 15 nitrogen and oxygen atoms in total. The Morgan fingerprint density at radius 3 is 2.50 bits per heavy atom. The first-order valence-electron chi connectivity index (χ1n) is 18.3. The molecular weight excluding hydrogens is 728 g/mol. The van der Waals surface area contributed by atoms with Crippen LogP contribution in [0.25, 0.3) is 6.08 Å². The van der Waals surface area contributed by atoms with Crippen molar-refractivity contribution in [1.29, 1.82) is 0 Å². The Morgan fingerprint density at radius 1 is 1.02 bits per heavy atom. The van der Waals surface area contributed by atoms with Gasteiger partial charge < -0.3 is 44.2 Å². The van der Waals surface area contributed by atoms with E-state index in [2.05, 4.69) is 10.6 Å². The predicted octanol–water partition coefficient (Wildman–Crippen LogP) is 3.32. The molecule has 0 saturated carbocycles. The minimum atomic E-state index is -1.06. The fourth-order valence-corrected chi connectivity index (χ4v) is 6.28. The molecule has 1 aliphatic carbocycles. The summed E-state index contributed by atoms with van der Waals surface area (Å²) in [6.45, 7) is 8.54. The van der Waals surface area contributed by atoms with Gasteiger partial charge in [0.2, 0.25) is 12.0 Å². The van der Waals surface area contributed by atoms with Crippen LogP contribution < -0.4 is 10.6 Å². The molecule has 300 valence electrons. The van der Waals surface area contributed by atoms with E-state index < -0.39 is 77.2 Å². The third-order valence-corrected chi connectivity index (χ3v) is 9.19. The lowest BCUT2D eigenvalue weighted by Crippen LogP contribution is -2.43. The van der Waals surface area contributed by atoms with Crippen molar-refractivity contribution in [1.82, 2.24) is 10.6 Å². The van der Waals surface area contributed by atoms with E-state index in [1.807, 2.05) is 0 Å². The number of carbonyl (C=O) groups excluding carboxylic acids is 6. The molecule has 0 spiro atoms. The molecule has 2 aliphatic heterocycles. The lowest BCUT2D eigenvalue weighted by molar-refractivity contribution is -0.159. The molecule has 56 heavy (non-hydrogen) atoms. The maximum atomic E-state index is 13.5. The number of amides is 2. The average Bonchev–Trinajstić information content (AvgIpc) is 3.74. The monoisotopic (exact) mass is 776 g/mol. The van der Waals surface area contributed by atoms with Gasteiger partial charge in [-0.15, -0.1) is 0 Å². The number of benzene rings is 2. The minimum absolute atomic E-state index is 0.0207. The summed E-state index contributed by atoms with van der Waals surface area (Å²) in [6.07, 6.45) is 1.11. The number of fused-ring (bicyclic) bond motifs is 1. The van der Waals surface area contributed by atoms with Gasteiger partial charge in [0.1, 0.15) is 37.3 Å². The van der Waals surface area contributed by atoms with Gasteiger partial charge in [0.15, 0.2) is 0 Å². The van der Waals surface area contributed by atoms with Crippen LogP contribution in [0.2, 0.25) is 0 Å². The first kappa shape index (κ1) is 41.8. The van der Waals surface area contributed by atoms with Crippen LogP contribution in [0.3, 0.4) is 0 Å². The second-order valence-electron chi connectivity index (χ2n) is 15.4. The number of esters is 4. The molecule has 0 aromatic heterocycles. The van der Waals surface area contributed by atoms with E-state index in [0.29, 0.717) is 22.3 Å². The SMILES string of the molecule is CC(C)(C)OC(=O)CC[C@@H](CO)NC(=O)c1cccc(CNC(=O)C2=C[C@H]3OCO[C@H]3[C@H](OC(=O)c3ccccc3C=CC(=O)O[C@H]3C(=O)OCC3(C)C)C2)c1. The van der Waals surface area contributed by atoms with Crippen LogP contribution in [0.4, 0.5) is 0 Å². The molecule has 2 fully saturated rings. The molecule has 2 saturated heterocycles. The molecule has 15 heteroatoms. The summed E-state index contributed by atoms with van der Waals surface area (Å²) in [5, 5.41) is 15.4. The van der Waals surface area contributed by atoms with Crippen LogP contribution in [0.5, 0.6) is 0 Å². The van der Waals surface area contributed by atoms with Gasteiger partial charge in [-0.1, -0.05) is 44.2 Å². The second-order valence-corrected chi connectivity index (χ2v) is 15.4. The number of aliphatic hydroxyl groups excluding tert-OH is 1. The fourth-order valence-electron chi connectivity index (χ4n) is 6.28. The number of carbonyl (C=O) groups is 6. The van der Waals surface area contributed by atoms with Gasteiger partial charge in [-0.3, -0.25) is 14.4 Å². The van der Waals surface area contributed by atoms with Gasteiger partial charge in [0, 0.05) is 42.0 Å². The summed E-state index contributed by atoms with van der Waals surface area (Å²) in [5.74, 6) is -3.45. The predicted molar refractivity (Wildman–Crippen MR) is 198 cm³/mol. The summed E-state index contributed by atoms with van der Waals surface area (Å²) in [4.78, 5) is 76.7. The van der Waals surface area contributed by atoms with E-state index in [4.69, 9.17) is 28.4 Å². The van der Waals surface area contributed by atoms with Gasteiger partial charge in [-0.2, -0.15) is 0 Å². The van der Waals surface area contributed by atoms with E-state index >= 15 is 0 Å². The topological polar surface area (TPSA) is 202 Å². The van der Waals surface area contributed by atoms with Crippen molar-refractivity contribution in [2.45, 2.75) is 96.5 Å². The summed E-state index contributed by atoms with van der Waals surface area (Å²) in [5.41, 5.74) is 0.404. The molecule has 2 aromatic rings. The first-order chi connectivity index (χ1) is 26.5. The van der Waals surface area contributed by atoms with Gasteiger partial charge in [-0.25, -0.2) is 14.4 Å². The van der Waals surface area contributed by atoms with E-state index in [1.165, 1.54) is 12.1 Å². The molecule has 0 radical (unpaired) electrons. The zero-order chi connectivity index (χ0) is 40.6. The average molecular weight is 777 g/mol. The standard InChI is InChI=1S/C41H48N2O13/c1-40(2,3)56-33(46)16-14-28(21-44)43-37(48)26-11-8-9-24(17-26)20-42-36(47)27-18-30-34(53-23-52-30)31(19-27)54-38(49)29-12-7-6-10-25(29)13-15-32(45)55-35-39(50)51-22-41(35,4)5/h6-13,15,17-18,28,30-31,34-35,44H,14,16,19-23H2,1-5H3,(H,42,47)(H,43,48)/t28-,30+,31+,34+,35-/m0/s1. The number of hydrogen-bond acceptors (Lipinski definition) is 13. The summed E-state index contributed by atoms with van der Waals surface area (Å²) < 4.78 is 32.9. The van der Waals surface area contributed by atoms with Crippen molar-refractivity contribution in [3.63, 3.8) is 0 Å². The van der Waals surface area contributed by atoms with E-state index in [-0.39, 0.29) is 51.4 Å². The molecule has 5 rings (SSSR count). The quantitative estimate of drug-likeness (QED) is 0.143. The van der Waals surface area contributed by atoms with Gasteiger partial charge >= 0.3 is 23.9 Å². The molecule has 0 unspecified atom stereocenters. The smallest absolute Gasteiger partial charge is 0.348 e. The molecule has 2 aromatic carbocycles. The van der Waals surface area contributed by atoms with Crippen molar-refractivity contribution in [3.05, 3.63) is 88.5 Å². The molecule has 2 heterocycles. The molecule has 2 amide bonds. The zero-order valence-corrected chi connectivity index (χ0v) is 32.0. The number of hydrogen-bond donors (Lipinski definition) is 3. The minimum Gasteiger partial charge on any atom is -0.462 e. The largest absolute Gasteiger partial charge is 0.462 e. The van der Waals surface area contributed by atoms with E-state index in [0.717, 1.165) is 6.08 Å². The normalized spacial score (nSPS) is 22.0. The second kappa shape index (κ2) is 18.0. The molecule has 0 bridgehead atoms. The lowest BCUT2D eigenvalue weighted by atomic mass is 9.90. The Balaban J connectivity index is 1.17. The van der Waals surface area contributed by atoms with Crippen LogP contribution in [0.1, 0.15) is 85.7 Å². The molecule has 3 N–H and O–H groups in total. The molecule has 5 atom stereocenters. The zero-order valence-electron chi connectivity index (χ0n) is 32.0. The highest BCUT2D eigenvalue weighted by atomic mass is 16.7. The van der Waals surface area contributed by atoms with Crippen LogP contribution in [0.15, 0.2) is 66.3 Å². The highest BCUT2D eigenvalue weighted by Crippen LogP contribution is 2.32. The van der Waals surface area contributed by atoms with Crippen LogP contribution >= 0.6 is 0 Å². The number of ether oxygens (including phenoxy) is 6. The Hall–Kier alpha value is -5.38. The Morgan fingerprint density at radius 2 is 1.79 bits per heavy atom. The highest BCUT2D eigenvalue weighted by molar-refractivity contribution is 5.97. The third kappa shape index (κ3) is 11.1. The van der Waals surface area contributed by atoms with Crippen LogP contribution in [-0.2, 0) is 54.1 Å². The third-order valence-electron chi connectivity index (χ3n) is 9.19. The van der Waals surface area contributed by atoms with Crippen molar-refractivity contribution < 1.29 is 62.3 Å². The number of aliphatic hydroxyl groups is 1. The lowest BCUT2D eigenvalue weighted by Gasteiger charge is -2.30. The summed E-state index contributed by atoms with van der Waals surface area (Å²) in [7, 11) is 0. The van der Waals surface area contributed by atoms with Crippen molar-refractivity contribution in [2.75, 3.05) is 20.0 Å². The molecular formula is C41H48N2O13. The van der Waals surface area contributed by atoms with E-state index in [9.17, 15) is 33.9 Å². The summed E-state index contributed by atoms with van der Waals surface area (Å²) >= 11 is 0. The number of cyclic esters (lactones) is 1. The Bertz CT molecular complexity index is 1880. The van der Waals surface area contributed by atoms with Crippen LogP contribution in [-0.4, -0.2) is 96.9 Å². The van der Waals surface area contributed by atoms with Crippen molar-refractivity contribution in [2.24, 2.45) is 5.41 Å². The number of rotatable bonds is 14. The Kier molecular flexibility index (Phi) is 13.5.